The van der Waals surface area contributed by atoms with Gasteiger partial charge in [-0.25, -0.2) is 0 Å². The van der Waals surface area contributed by atoms with E-state index < -0.39 is 0 Å². The Hall–Kier alpha value is -1.29. The van der Waals surface area contributed by atoms with Gasteiger partial charge in [0.25, 0.3) is 0 Å². The smallest absolute Gasteiger partial charge is 0.239 e. The highest BCUT2D eigenvalue weighted by atomic mass is 16.5. The predicted molar refractivity (Wildman–Crippen MR) is 79.8 cm³/mol. The van der Waals surface area contributed by atoms with Crippen LogP contribution in [0.25, 0.3) is 0 Å². The third-order valence-corrected chi connectivity index (χ3v) is 3.62. The first-order chi connectivity index (χ1) is 8.99. The van der Waals surface area contributed by atoms with E-state index in [4.69, 9.17) is 4.74 Å². The number of rotatable bonds is 4. The zero-order valence-electron chi connectivity index (χ0n) is 12.3. The summed E-state index contributed by atoms with van der Waals surface area (Å²) in [5.41, 5.74) is 1.93. The van der Waals surface area contributed by atoms with E-state index in [1.54, 1.807) is 0 Å². The van der Waals surface area contributed by atoms with Gasteiger partial charge >= 0.3 is 0 Å². The van der Waals surface area contributed by atoms with Gasteiger partial charge in [-0.3, -0.25) is 4.79 Å². The van der Waals surface area contributed by atoms with E-state index in [1.807, 2.05) is 12.1 Å². The number of fused-ring (bicyclic) bond motifs is 1. The van der Waals surface area contributed by atoms with Crippen LogP contribution in [-0.4, -0.2) is 36.7 Å². The lowest BCUT2D eigenvalue weighted by molar-refractivity contribution is 0.0933. The van der Waals surface area contributed by atoms with Crippen LogP contribution < -0.4 is 10.2 Å². The molecule has 0 bridgehead atoms. The van der Waals surface area contributed by atoms with Crippen LogP contribution in [-0.2, 0) is 0 Å². The van der Waals surface area contributed by atoms with Crippen LogP contribution in [0.3, 0.4) is 0 Å². The second-order valence-electron chi connectivity index (χ2n) is 5.71. The predicted octanol–water partition coefficient (Wildman–Crippen LogP) is 1.75. The molecule has 1 aliphatic heterocycles. The quantitative estimate of drug-likeness (QED) is 0.771. The minimum Gasteiger partial charge on any atom is -0.492 e. The van der Waals surface area contributed by atoms with E-state index in [2.05, 4.69) is 38.6 Å². The number of ketones is 1. The van der Waals surface area contributed by atoms with E-state index in [-0.39, 0.29) is 5.78 Å². The average molecular weight is 259 g/mol. The van der Waals surface area contributed by atoms with Crippen LogP contribution in [0.2, 0.25) is 0 Å². The molecule has 0 spiro atoms. The number of Topliss-reactive ketones (excluding diaryl/α,β-unsaturated/α-hetero) is 1. The first-order valence-corrected chi connectivity index (χ1v) is 7.03. The standard InChI is InChI=1S/C15H22BNO2/c1-10(2)17(11(3)4)16-12-5-6-15-13(9-12)14(18)7-8-19-15/h5-6,9-11,16H,7-8H2,1-4H3. The Labute approximate surface area is 116 Å². The van der Waals surface area contributed by atoms with Crippen LogP contribution in [0, 0.1) is 0 Å². The Morgan fingerprint density at radius 3 is 2.53 bits per heavy atom. The van der Waals surface area contributed by atoms with Gasteiger partial charge in [0, 0.05) is 6.42 Å². The molecule has 0 fully saturated rings. The number of hydrogen-bond donors (Lipinski definition) is 0. The Morgan fingerprint density at radius 1 is 1.21 bits per heavy atom. The molecule has 0 unspecified atom stereocenters. The third kappa shape index (κ3) is 3.18. The molecule has 3 nitrogen and oxygen atoms in total. The molecule has 0 amide bonds. The minimum atomic E-state index is 0.198. The number of nitrogens with zero attached hydrogens (tertiary/aromatic N) is 1. The Bertz CT molecular complexity index is 463. The van der Waals surface area contributed by atoms with E-state index in [1.165, 1.54) is 5.46 Å². The monoisotopic (exact) mass is 259 g/mol. The molecular weight excluding hydrogens is 237 g/mol. The summed E-state index contributed by atoms with van der Waals surface area (Å²) >= 11 is 0. The minimum absolute atomic E-state index is 0.198. The molecule has 0 saturated carbocycles. The van der Waals surface area contributed by atoms with E-state index in [0.29, 0.717) is 25.1 Å². The van der Waals surface area contributed by atoms with Gasteiger partial charge in [0.1, 0.15) is 5.75 Å². The Morgan fingerprint density at radius 2 is 1.89 bits per heavy atom. The molecule has 0 atom stereocenters. The molecule has 0 aromatic heterocycles. The van der Waals surface area contributed by atoms with Crippen molar-refractivity contribution in [2.75, 3.05) is 6.61 Å². The van der Waals surface area contributed by atoms with Gasteiger partial charge < -0.3 is 9.55 Å². The molecule has 0 aliphatic carbocycles. The van der Waals surface area contributed by atoms with Crippen molar-refractivity contribution in [3.8, 4) is 5.75 Å². The fourth-order valence-electron chi connectivity index (χ4n) is 2.58. The molecule has 1 aromatic rings. The van der Waals surface area contributed by atoms with Gasteiger partial charge in [-0.1, -0.05) is 45.3 Å². The summed E-state index contributed by atoms with van der Waals surface area (Å²) in [4.78, 5) is 14.3. The summed E-state index contributed by atoms with van der Waals surface area (Å²) in [5.74, 6) is 0.935. The summed E-state index contributed by atoms with van der Waals surface area (Å²) in [6.07, 6.45) is 0.495. The highest BCUT2D eigenvalue weighted by molar-refractivity contribution is 6.51. The van der Waals surface area contributed by atoms with Crippen LogP contribution in [0.15, 0.2) is 18.2 Å². The van der Waals surface area contributed by atoms with Gasteiger partial charge in [-0.15, -0.1) is 0 Å². The van der Waals surface area contributed by atoms with Gasteiger partial charge in [0.05, 0.1) is 12.2 Å². The summed E-state index contributed by atoms with van der Waals surface area (Å²) in [6, 6.07) is 6.97. The number of carbonyl (C=O) groups excluding carboxylic acids is 1. The zero-order chi connectivity index (χ0) is 14.0. The number of ether oxygens (including phenoxy) is 1. The lowest BCUT2D eigenvalue weighted by Gasteiger charge is -2.30. The molecule has 1 aromatic carbocycles. The molecule has 0 radical (unpaired) electrons. The molecule has 1 aliphatic rings. The van der Waals surface area contributed by atoms with Gasteiger partial charge in [0.15, 0.2) is 5.78 Å². The maximum Gasteiger partial charge on any atom is 0.239 e. The second kappa shape index (κ2) is 5.78. The van der Waals surface area contributed by atoms with E-state index >= 15 is 0 Å². The van der Waals surface area contributed by atoms with Crippen molar-refractivity contribution in [1.82, 2.24) is 4.81 Å². The molecule has 0 N–H and O–H groups in total. The topological polar surface area (TPSA) is 29.5 Å². The average Bonchev–Trinajstić information content (AvgIpc) is 2.36. The van der Waals surface area contributed by atoms with Gasteiger partial charge in [-0.2, -0.15) is 0 Å². The van der Waals surface area contributed by atoms with Crippen molar-refractivity contribution in [2.24, 2.45) is 0 Å². The SMILES string of the molecule is CC(C)N(Bc1ccc2c(c1)C(=O)CCO2)C(C)C. The summed E-state index contributed by atoms with van der Waals surface area (Å²) in [7, 11) is 0.871. The summed E-state index contributed by atoms with van der Waals surface area (Å²) < 4.78 is 5.51. The van der Waals surface area contributed by atoms with Crippen LogP contribution in [0.1, 0.15) is 44.5 Å². The lowest BCUT2D eigenvalue weighted by atomic mass is 9.77. The normalized spacial score (nSPS) is 14.8. The molecule has 4 heteroatoms. The Kier molecular flexibility index (Phi) is 4.30. The second-order valence-corrected chi connectivity index (χ2v) is 5.71. The summed E-state index contributed by atoms with van der Waals surface area (Å²) in [6.45, 7) is 9.31. The maximum atomic E-state index is 11.9. The van der Waals surface area contributed by atoms with Crippen molar-refractivity contribution in [1.29, 1.82) is 0 Å². The maximum absolute atomic E-state index is 11.9. The first-order valence-electron chi connectivity index (χ1n) is 7.03. The molecule has 2 rings (SSSR count). The fraction of sp³-hybridized carbons (Fsp3) is 0.533. The van der Waals surface area contributed by atoms with Gasteiger partial charge in [0.2, 0.25) is 7.41 Å². The highest BCUT2D eigenvalue weighted by Crippen LogP contribution is 2.23. The number of carbonyl (C=O) groups is 1. The summed E-state index contributed by atoms with van der Waals surface area (Å²) in [5, 5.41) is 0. The molecule has 19 heavy (non-hydrogen) atoms. The molecular formula is C15H22BNO2. The molecule has 0 saturated heterocycles. The Balaban J connectivity index is 2.22. The van der Waals surface area contributed by atoms with E-state index in [9.17, 15) is 4.79 Å². The van der Waals surface area contributed by atoms with Crippen molar-refractivity contribution < 1.29 is 9.53 Å². The molecule has 102 valence electrons. The number of hydrogen-bond acceptors (Lipinski definition) is 3. The van der Waals surface area contributed by atoms with Crippen molar-refractivity contribution >= 4 is 18.7 Å². The van der Waals surface area contributed by atoms with Crippen LogP contribution in [0.4, 0.5) is 0 Å². The van der Waals surface area contributed by atoms with Crippen LogP contribution >= 0.6 is 0 Å². The number of benzene rings is 1. The molecule has 1 heterocycles. The van der Waals surface area contributed by atoms with Gasteiger partial charge in [-0.05, 0) is 18.2 Å². The fourth-order valence-corrected chi connectivity index (χ4v) is 2.58. The first kappa shape index (κ1) is 14.1. The van der Waals surface area contributed by atoms with Crippen molar-refractivity contribution in [3.63, 3.8) is 0 Å². The van der Waals surface area contributed by atoms with E-state index in [0.717, 1.165) is 18.7 Å². The van der Waals surface area contributed by atoms with Crippen molar-refractivity contribution in [3.05, 3.63) is 23.8 Å². The van der Waals surface area contributed by atoms with Crippen LogP contribution in [0.5, 0.6) is 5.75 Å². The third-order valence-electron chi connectivity index (χ3n) is 3.62. The van der Waals surface area contributed by atoms with Crippen molar-refractivity contribution in [2.45, 2.75) is 46.2 Å². The lowest BCUT2D eigenvalue weighted by Crippen LogP contribution is -2.45. The largest absolute Gasteiger partial charge is 0.492 e. The highest BCUT2D eigenvalue weighted by Gasteiger charge is 2.21. The zero-order valence-corrected chi connectivity index (χ0v) is 12.3.